The second-order valence-electron chi connectivity index (χ2n) is 4.19. The van der Waals surface area contributed by atoms with Crippen LogP contribution >= 0.6 is 15.9 Å². The molecule has 92 valence electrons. The third-order valence-corrected chi connectivity index (χ3v) is 3.37. The van der Waals surface area contributed by atoms with Crippen LogP contribution in [0.15, 0.2) is 41.1 Å². The van der Waals surface area contributed by atoms with E-state index in [9.17, 15) is 0 Å². The average molecular weight is 306 g/mol. The molecule has 1 aromatic carbocycles. The molecule has 2 aromatic rings. The van der Waals surface area contributed by atoms with Crippen LogP contribution in [-0.4, -0.2) is 23.1 Å². The number of rotatable bonds is 3. The Morgan fingerprint density at radius 1 is 1.06 bits per heavy atom. The molecular formula is C13H12BrN3O. The Kier molecular flexibility index (Phi) is 3.25. The van der Waals surface area contributed by atoms with Crippen LogP contribution < -0.4 is 10.1 Å². The van der Waals surface area contributed by atoms with Crippen molar-refractivity contribution in [3.8, 4) is 11.5 Å². The first kappa shape index (κ1) is 11.6. The van der Waals surface area contributed by atoms with E-state index in [4.69, 9.17) is 4.74 Å². The van der Waals surface area contributed by atoms with Crippen molar-refractivity contribution in [1.29, 1.82) is 0 Å². The summed E-state index contributed by atoms with van der Waals surface area (Å²) in [7, 11) is 0. The molecule has 1 aliphatic rings. The standard InChI is InChI=1S/C13H12BrN3O/c14-10-1-3-11(4-2-10)18-12-7-16-13(17-8-12)9-5-15-6-9/h1-4,7-9,15H,5-6H2. The van der Waals surface area contributed by atoms with Crippen LogP contribution in [0.2, 0.25) is 0 Å². The molecule has 0 unspecified atom stereocenters. The van der Waals surface area contributed by atoms with Gasteiger partial charge in [0.1, 0.15) is 11.6 Å². The highest BCUT2D eigenvalue weighted by Crippen LogP contribution is 2.23. The van der Waals surface area contributed by atoms with Crippen LogP contribution in [0.3, 0.4) is 0 Å². The summed E-state index contributed by atoms with van der Waals surface area (Å²) in [4.78, 5) is 8.66. The Balaban J connectivity index is 1.70. The van der Waals surface area contributed by atoms with Crippen molar-refractivity contribution in [3.63, 3.8) is 0 Å². The van der Waals surface area contributed by atoms with E-state index in [1.165, 1.54) is 0 Å². The van der Waals surface area contributed by atoms with E-state index >= 15 is 0 Å². The number of nitrogens with one attached hydrogen (secondary N) is 1. The zero-order valence-electron chi connectivity index (χ0n) is 9.64. The molecule has 1 N–H and O–H groups in total. The highest BCUT2D eigenvalue weighted by Gasteiger charge is 2.21. The molecule has 0 spiro atoms. The summed E-state index contributed by atoms with van der Waals surface area (Å²) in [5.41, 5.74) is 0. The third-order valence-electron chi connectivity index (χ3n) is 2.84. The molecule has 4 nitrogen and oxygen atoms in total. The fourth-order valence-electron chi connectivity index (χ4n) is 1.70. The number of halogens is 1. The minimum absolute atomic E-state index is 0.451. The Morgan fingerprint density at radius 3 is 2.28 bits per heavy atom. The Hall–Kier alpha value is -1.46. The Morgan fingerprint density at radius 2 is 1.72 bits per heavy atom. The van der Waals surface area contributed by atoms with Crippen molar-refractivity contribution >= 4 is 15.9 Å². The molecule has 1 aliphatic heterocycles. The Labute approximate surface area is 114 Å². The molecule has 3 rings (SSSR count). The zero-order chi connectivity index (χ0) is 12.4. The van der Waals surface area contributed by atoms with Crippen LogP contribution in [0.4, 0.5) is 0 Å². The first-order valence-electron chi connectivity index (χ1n) is 5.77. The van der Waals surface area contributed by atoms with Crippen molar-refractivity contribution in [2.45, 2.75) is 5.92 Å². The summed E-state index contributed by atoms with van der Waals surface area (Å²) in [6.45, 7) is 1.93. The van der Waals surface area contributed by atoms with Gasteiger partial charge >= 0.3 is 0 Å². The van der Waals surface area contributed by atoms with Crippen LogP contribution in [-0.2, 0) is 0 Å². The largest absolute Gasteiger partial charge is 0.454 e. The van der Waals surface area contributed by atoms with Gasteiger partial charge in [-0.1, -0.05) is 15.9 Å². The number of aromatic nitrogens is 2. The van der Waals surface area contributed by atoms with Gasteiger partial charge in [0.15, 0.2) is 5.75 Å². The minimum Gasteiger partial charge on any atom is -0.454 e. The first-order valence-corrected chi connectivity index (χ1v) is 6.56. The Bertz CT molecular complexity index is 523. The van der Waals surface area contributed by atoms with Crippen LogP contribution in [0.5, 0.6) is 11.5 Å². The lowest BCUT2D eigenvalue weighted by atomic mass is 10.0. The smallest absolute Gasteiger partial charge is 0.164 e. The van der Waals surface area contributed by atoms with Crippen molar-refractivity contribution in [3.05, 3.63) is 47.0 Å². The number of hydrogen-bond acceptors (Lipinski definition) is 4. The SMILES string of the molecule is Brc1ccc(Oc2cnc(C3CNC3)nc2)cc1. The highest BCUT2D eigenvalue weighted by molar-refractivity contribution is 9.10. The molecule has 1 fully saturated rings. The van der Waals surface area contributed by atoms with Crippen LogP contribution in [0, 0.1) is 0 Å². The van der Waals surface area contributed by atoms with Gasteiger partial charge in [-0.3, -0.25) is 0 Å². The zero-order valence-corrected chi connectivity index (χ0v) is 11.2. The monoisotopic (exact) mass is 305 g/mol. The molecule has 2 heterocycles. The van der Waals surface area contributed by atoms with Gasteiger partial charge in [0.2, 0.25) is 0 Å². The third kappa shape index (κ3) is 2.52. The lowest BCUT2D eigenvalue weighted by Gasteiger charge is -2.25. The number of ether oxygens (including phenoxy) is 1. The lowest BCUT2D eigenvalue weighted by molar-refractivity contribution is 0.424. The highest BCUT2D eigenvalue weighted by atomic mass is 79.9. The second kappa shape index (κ2) is 5.04. The van der Waals surface area contributed by atoms with Crippen molar-refractivity contribution in [1.82, 2.24) is 15.3 Å². The van der Waals surface area contributed by atoms with Crippen molar-refractivity contribution < 1.29 is 4.74 Å². The van der Waals surface area contributed by atoms with E-state index in [0.717, 1.165) is 29.1 Å². The molecule has 0 atom stereocenters. The molecule has 0 bridgehead atoms. The van der Waals surface area contributed by atoms with Gasteiger partial charge in [-0.2, -0.15) is 0 Å². The topological polar surface area (TPSA) is 47.0 Å². The summed E-state index contributed by atoms with van der Waals surface area (Å²) in [6, 6.07) is 7.66. The number of hydrogen-bond donors (Lipinski definition) is 1. The number of benzene rings is 1. The minimum atomic E-state index is 0.451. The summed E-state index contributed by atoms with van der Waals surface area (Å²) in [5.74, 6) is 2.77. The maximum Gasteiger partial charge on any atom is 0.164 e. The molecule has 5 heteroatoms. The van der Waals surface area contributed by atoms with E-state index in [2.05, 4.69) is 31.2 Å². The fourth-order valence-corrected chi connectivity index (χ4v) is 1.96. The maximum atomic E-state index is 5.66. The molecule has 0 aliphatic carbocycles. The van der Waals surface area contributed by atoms with Crippen molar-refractivity contribution in [2.75, 3.05) is 13.1 Å². The summed E-state index contributed by atoms with van der Waals surface area (Å²) >= 11 is 3.38. The van der Waals surface area contributed by atoms with E-state index in [0.29, 0.717) is 11.7 Å². The maximum absolute atomic E-state index is 5.66. The van der Waals surface area contributed by atoms with Gasteiger partial charge in [0, 0.05) is 23.5 Å². The van der Waals surface area contributed by atoms with E-state index in [1.54, 1.807) is 12.4 Å². The van der Waals surface area contributed by atoms with Gasteiger partial charge in [0.25, 0.3) is 0 Å². The van der Waals surface area contributed by atoms with E-state index < -0.39 is 0 Å². The molecular weight excluding hydrogens is 294 g/mol. The predicted octanol–water partition coefficient (Wildman–Crippen LogP) is 2.72. The van der Waals surface area contributed by atoms with Crippen molar-refractivity contribution in [2.24, 2.45) is 0 Å². The average Bonchev–Trinajstić information content (AvgIpc) is 2.32. The van der Waals surface area contributed by atoms with Crippen LogP contribution in [0.25, 0.3) is 0 Å². The van der Waals surface area contributed by atoms with Gasteiger partial charge in [-0.05, 0) is 24.3 Å². The molecule has 0 saturated carbocycles. The number of nitrogens with zero attached hydrogens (tertiary/aromatic N) is 2. The van der Waals surface area contributed by atoms with Gasteiger partial charge in [-0.15, -0.1) is 0 Å². The summed E-state index contributed by atoms with van der Waals surface area (Å²) in [5, 5.41) is 3.20. The van der Waals surface area contributed by atoms with Crippen LogP contribution in [0.1, 0.15) is 11.7 Å². The molecule has 1 aromatic heterocycles. The predicted molar refractivity (Wildman–Crippen MR) is 71.9 cm³/mol. The summed E-state index contributed by atoms with van der Waals surface area (Å²) < 4.78 is 6.69. The molecule has 0 amide bonds. The van der Waals surface area contributed by atoms with Gasteiger partial charge in [-0.25, -0.2) is 9.97 Å². The quantitative estimate of drug-likeness (QED) is 0.947. The van der Waals surface area contributed by atoms with E-state index in [1.807, 2.05) is 24.3 Å². The van der Waals surface area contributed by atoms with Gasteiger partial charge in [0.05, 0.1) is 12.4 Å². The normalized spacial score (nSPS) is 15.2. The van der Waals surface area contributed by atoms with Gasteiger partial charge < -0.3 is 10.1 Å². The molecule has 18 heavy (non-hydrogen) atoms. The fraction of sp³-hybridized carbons (Fsp3) is 0.231. The molecule has 1 saturated heterocycles. The van der Waals surface area contributed by atoms with E-state index in [-0.39, 0.29) is 0 Å². The second-order valence-corrected chi connectivity index (χ2v) is 5.10. The lowest BCUT2D eigenvalue weighted by Crippen LogP contribution is -2.40. The molecule has 0 radical (unpaired) electrons. The summed E-state index contributed by atoms with van der Waals surface area (Å²) in [6.07, 6.45) is 3.45. The first-order chi connectivity index (χ1) is 8.81.